The first kappa shape index (κ1) is 15.7. The van der Waals surface area contributed by atoms with E-state index < -0.39 is 0 Å². The van der Waals surface area contributed by atoms with Crippen LogP contribution in [0.2, 0.25) is 0 Å². The number of halogens is 1. The molecular formula is C14H19BrN2O2. The molecule has 0 spiro atoms. The molecule has 4 nitrogen and oxygen atoms in total. The minimum atomic E-state index is -0.250. The van der Waals surface area contributed by atoms with E-state index in [-0.39, 0.29) is 24.4 Å². The average molecular weight is 327 g/mol. The topological polar surface area (TPSA) is 58.2 Å². The molecule has 5 heteroatoms. The van der Waals surface area contributed by atoms with Crippen molar-refractivity contribution in [2.75, 3.05) is 6.54 Å². The summed E-state index contributed by atoms with van der Waals surface area (Å²) in [4.78, 5) is 23.4. The van der Waals surface area contributed by atoms with Crippen LogP contribution in [0.5, 0.6) is 0 Å². The molecule has 19 heavy (non-hydrogen) atoms. The number of carbonyl (C=O) groups excluding carboxylic acids is 2. The monoisotopic (exact) mass is 326 g/mol. The molecule has 0 heterocycles. The number of amides is 2. The van der Waals surface area contributed by atoms with E-state index in [0.717, 1.165) is 17.3 Å². The van der Waals surface area contributed by atoms with E-state index in [1.807, 2.05) is 13.0 Å². The van der Waals surface area contributed by atoms with E-state index in [4.69, 9.17) is 0 Å². The summed E-state index contributed by atoms with van der Waals surface area (Å²) in [6.07, 6.45) is 1.96. The molecule has 1 atom stereocenters. The highest BCUT2D eigenvalue weighted by Crippen LogP contribution is 2.11. The zero-order valence-corrected chi connectivity index (χ0v) is 12.8. The first-order valence-corrected chi connectivity index (χ1v) is 7.15. The predicted octanol–water partition coefficient (Wildman–Crippen LogP) is 2.48. The molecular weight excluding hydrogens is 308 g/mol. The number of rotatable bonds is 6. The smallest absolute Gasteiger partial charge is 0.251 e. The van der Waals surface area contributed by atoms with Crippen molar-refractivity contribution in [2.45, 2.75) is 32.7 Å². The molecule has 1 aromatic carbocycles. The molecule has 1 rings (SSSR count). The van der Waals surface area contributed by atoms with Crippen molar-refractivity contribution in [3.05, 3.63) is 34.3 Å². The second-order valence-electron chi connectivity index (χ2n) is 4.45. The Hall–Kier alpha value is -1.36. The zero-order chi connectivity index (χ0) is 14.3. The highest BCUT2D eigenvalue weighted by Gasteiger charge is 2.10. The molecule has 0 aliphatic heterocycles. The lowest BCUT2D eigenvalue weighted by Gasteiger charge is -2.13. The molecule has 0 aromatic heterocycles. The first-order valence-electron chi connectivity index (χ1n) is 6.36. The van der Waals surface area contributed by atoms with Crippen LogP contribution in [0, 0.1) is 0 Å². The van der Waals surface area contributed by atoms with Crippen molar-refractivity contribution >= 4 is 27.7 Å². The molecule has 0 aliphatic carbocycles. The molecule has 0 aliphatic rings. The van der Waals surface area contributed by atoms with E-state index in [1.54, 1.807) is 18.2 Å². The fourth-order valence-electron chi connectivity index (χ4n) is 1.72. The lowest BCUT2D eigenvalue weighted by Crippen LogP contribution is -2.40. The van der Waals surface area contributed by atoms with Crippen LogP contribution in [0.4, 0.5) is 0 Å². The Morgan fingerprint density at radius 3 is 2.74 bits per heavy atom. The van der Waals surface area contributed by atoms with Gasteiger partial charge >= 0.3 is 0 Å². The molecule has 1 aromatic rings. The molecule has 2 N–H and O–H groups in total. The van der Waals surface area contributed by atoms with Crippen LogP contribution in [-0.4, -0.2) is 24.4 Å². The largest absolute Gasteiger partial charge is 0.352 e. The van der Waals surface area contributed by atoms with Gasteiger partial charge in [0.25, 0.3) is 5.91 Å². The third kappa shape index (κ3) is 5.87. The van der Waals surface area contributed by atoms with Crippen molar-refractivity contribution in [2.24, 2.45) is 0 Å². The second-order valence-corrected chi connectivity index (χ2v) is 5.37. The van der Waals surface area contributed by atoms with Crippen LogP contribution in [0.25, 0.3) is 0 Å². The summed E-state index contributed by atoms with van der Waals surface area (Å²) in [7, 11) is 0. The Morgan fingerprint density at radius 1 is 1.37 bits per heavy atom. The third-order valence-electron chi connectivity index (χ3n) is 2.63. The van der Waals surface area contributed by atoms with Gasteiger partial charge in [0.05, 0.1) is 6.54 Å². The van der Waals surface area contributed by atoms with Crippen molar-refractivity contribution in [1.29, 1.82) is 0 Å². The number of carbonyl (C=O) groups is 2. The summed E-state index contributed by atoms with van der Waals surface area (Å²) < 4.78 is 0.834. The normalized spacial score (nSPS) is 11.7. The SMILES string of the molecule is CCCC(C)NC(=O)CNC(=O)c1cccc(Br)c1. The van der Waals surface area contributed by atoms with Crippen LogP contribution in [-0.2, 0) is 4.79 Å². The lowest BCUT2D eigenvalue weighted by atomic mass is 10.2. The Bertz CT molecular complexity index is 449. The molecule has 2 amide bonds. The summed E-state index contributed by atoms with van der Waals surface area (Å²) in [6, 6.07) is 7.18. The van der Waals surface area contributed by atoms with Gasteiger partial charge in [-0.25, -0.2) is 0 Å². The van der Waals surface area contributed by atoms with Crippen molar-refractivity contribution in [1.82, 2.24) is 10.6 Å². The van der Waals surface area contributed by atoms with Gasteiger partial charge in [-0.15, -0.1) is 0 Å². The van der Waals surface area contributed by atoms with E-state index in [9.17, 15) is 9.59 Å². The van der Waals surface area contributed by atoms with Gasteiger partial charge in [-0.3, -0.25) is 9.59 Å². The highest BCUT2D eigenvalue weighted by atomic mass is 79.9. The van der Waals surface area contributed by atoms with Gasteiger partial charge in [-0.05, 0) is 31.5 Å². The van der Waals surface area contributed by atoms with Gasteiger partial charge in [0.15, 0.2) is 0 Å². The second kappa shape index (κ2) is 7.94. The fourth-order valence-corrected chi connectivity index (χ4v) is 2.12. The molecule has 0 saturated carbocycles. The summed E-state index contributed by atoms with van der Waals surface area (Å²) in [5.41, 5.74) is 0.531. The lowest BCUT2D eigenvalue weighted by molar-refractivity contribution is -0.120. The van der Waals surface area contributed by atoms with Crippen molar-refractivity contribution in [3.63, 3.8) is 0 Å². The van der Waals surface area contributed by atoms with Gasteiger partial charge in [0, 0.05) is 16.1 Å². The predicted molar refractivity (Wildman–Crippen MR) is 79.0 cm³/mol. The minimum Gasteiger partial charge on any atom is -0.352 e. The van der Waals surface area contributed by atoms with E-state index in [2.05, 4.69) is 33.5 Å². The number of hydrogen-bond donors (Lipinski definition) is 2. The Balaban J connectivity index is 2.40. The molecule has 0 saturated heterocycles. The van der Waals surface area contributed by atoms with Crippen LogP contribution in [0.1, 0.15) is 37.0 Å². The van der Waals surface area contributed by atoms with Crippen molar-refractivity contribution < 1.29 is 9.59 Å². The van der Waals surface area contributed by atoms with E-state index >= 15 is 0 Å². The molecule has 0 bridgehead atoms. The summed E-state index contributed by atoms with van der Waals surface area (Å²) in [5, 5.41) is 5.44. The van der Waals surface area contributed by atoms with E-state index in [1.165, 1.54) is 0 Å². The molecule has 1 unspecified atom stereocenters. The maximum Gasteiger partial charge on any atom is 0.251 e. The summed E-state index contributed by atoms with van der Waals surface area (Å²) in [5.74, 6) is -0.413. The van der Waals surface area contributed by atoms with Gasteiger partial charge in [-0.1, -0.05) is 35.3 Å². The zero-order valence-electron chi connectivity index (χ0n) is 11.2. The number of hydrogen-bond acceptors (Lipinski definition) is 2. The minimum absolute atomic E-state index is 0.000594. The highest BCUT2D eigenvalue weighted by molar-refractivity contribution is 9.10. The Labute approximate surface area is 122 Å². The van der Waals surface area contributed by atoms with Crippen molar-refractivity contribution in [3.8, 4) is 0 Å². The molecule has 0 fully saturated rings. The summed E-state index contributed by atoms with van der Waals surface area (Å²) in [6.45, 7) is 4.02. The molecule has 0 radical (unpaired) electrons. The number of nitrogens with one attached hydrogen (secondary N) is 2. The van der Waals surface area contributed by atoms with E-state index in [0.29, 0.717) is 5.56 Å². The standard InChI is InChI=1S/C14H19BrN2O2/c1-3-5-10(2)17-13(18)9-16-14(19)11-6-4-7-12(15)8-11/h4,6-8,10H,3,5,9H2,1-2H3,(H,16,19)(H,17,18). The van der Waals surface area contributed by atoms with Gasteiger partial charge in [-0.2, -0.15) is 0 Å². The number of benzene rings is 1. The maximum atomic E-state index is 11.8. The van der Waals surface area contributed by atoms with Crippen LogP contribution in [0.3, 0.4) is 0 Å². The third-order valence-corrected chi connectivity index (χ3v) is 3.12. The quantitative estimate of drug-likeness (QED) is 0.843. The van der Waals surface area contributed by atoms with Gasteiger partial charge in [0.2, 0.25) is 5.91 Å². The molecule has 104 valence electrons. The maximum absolute atomic E-state index is 11.8. The Kier molecular flexibility index (Phi) is 6.56. The fraction of sp³-hybridized carbons (Fsp3) is 0.429. The average Bonchev–Trinajstić information content (AvgIpc) is 2.36. The van der Waals surface area contributed by atoms with Gasteiger partial charge in [0.1, 0.15) is 0 Å². The Morgan fingerprint density at radius 2 is 2.11 bits per heavy atom. The first-order chi connectivity index (χ1) is 9.02. The van der Waals surface area contributed by atoms with Crippen LogP contribution >= 0.6 is 15.9 Å². The van der Waals surface area contributed by atoms with Gasteiger partial charge < -0.3 is 10.6 Å². The van der Waals surface area contributed by atoms with Crippen LogP contribution < -0.4 is 10.6 Å². The van der Waals surface area contributed by atoms with Crippen LogP contribution in [0.15, 0.2) is 28.7 Å². The summed E-state index contributed by atoms with van der Waals surface area (Å²) >= 11 is 3.30.